The van der Waals surface area contributed by atoms with Crippen molar-refractivity contribution in [3.05, 3.63) is 42.2 Å². The minimum Gasteiger partial charge on any atom is -0.375 e. The van der Waals surface area contributed by atoms with E-state index in [1.165, 1.54) is 0 Å². The second-order valence-corrected chi connectivity index (χ2v) is 3.13. The van der Waals surface area contributed by atoms with Crippen LogP contribution in [0.1, 0.15) is 12.6 Å². The van der Waals surface area contributed by atoms with Crippen LogP contribution in [0, 0.1) is 0 Å². The molecular formula is C11H13N3O. The molecule has 0 aliphatic rings. The van der Waals surface area contributed by atoms with Gasteiger partial charge < -0.3 is 4.74 Å². The minimum atomic E-state index is 0.517. The van der Waals surface area contributed by atoms with E-state index in [4.69, 9.17) is 4.74 Å². The molecule has 4 nitrogen and oxygen atoms in total. The third kappa shape index (κ3) is 2.41. The summed E-state index contributed by atoms with van der Waals surface area (Å²) in [5.41, 5.74) is 1.86. The molecule has 0 fully saturated rings. The molecule has 1 aromatic carbocycles. The highest BCUT2D eigenvalue weighted by Gasteiger charge is 2.01. The van der Waals surface area contributed by atoms with Crippen LogP contribution in [0.25, 0.3) is 5.69 Å². The SMILES string of the molecule is CCOCc1cn(-c2ccccc2)nn1. The Hall–Kier alpha value is -1.68. The van der Waals surface area contributed by atoms with Gasteiger partial charge in [-0.25, -0.2) is 4.68 Å². The molecule has 0 N–H and O–H groups in total. The Morgan fingerprint density at radius 3 is 2.80 bits per heavy atom. The van der Waals surface area contributed by atoms with Crippen LogP contribution < -0.4 is 0 Å². The zero-order valence-corrected chi connectivity index (χ0v) is 8.63. The molecule has 0 unspecified atom stereocenters. The van der Waals surface area contributed by atoms with Crippen LogP contribution in [0.4, 0.5) is 0 Å². The highest BCUT2D eigenvalue weighted by molar-refractivity contribution is 5.29. The van der Waals surface area contributed by atoms with Crippen molar-refractivity contribution in [2.24, 2.45) is 0 Å². The Morgan fingerprint density at radius 2 is 2.07 bits per heavy atom. The van der Waals surface area contributed by atoms with E-state index in [0.717, 1.165) is 11.4 Å². The average molecular weight is 203 g/mol. The fourth-order valence-corrected chi connectivity index (χ4v) is 1.28. The molecular weight excluding hydrogens is 190 g/mol. The van der Waals surface area contributed by atoms with Crippen LogP contribution in [-0.2, 0) is 11.3 Å². The number of hydrogen-bond donors (Lipinski definition) is 0. The lowest BCUT2D eigenvalue weighted by atomic mass is 10.3. The van der Waals surface area contributed by atoms with Crippen molar-refractivity contribution in [3.8, 4) is 5.69 Å². The lowest BCUT2D eigenvalue weighted by Crippen LogP contribution is -1.93. The summed E-state index contributed by atoms with van der Waals surface area (Å²) in [6, 6.07) is 9.89. The van der Waals surface area contributed by atoms with Crippen LogP contribution in [0.2, 0.25) is 0 Å². The molecule has 1 heterocycles. The van der Waals surface area contributed by atoms with Crippen molar-refractivity contribution in [1.82, 2.24) is 15.0 Å². The first-order valence-electron chi connectivity index (χ1n) is 4.94. The molecule has 15 heavy (non-hydrogen) atoms. The molecule has 78 valence electrons. The fraction of sp³-hybridized carbons (Fsp3) is 0.273. The van der Waals surface area contributed by atoms with Crippen molar-refractivity contribution in [2.75, 3.05) is 6.61 Å². The molecule has 0 spiro atoms. The van der Waals surface area contributed by atoms with Gasteiger partial charge in [-0.2, -0.15) is 0 Å². The second-order valence-electron chi connectivity index (χ2n) is 3.13. The number of rotatable bonds is 4. The normalized spacial score (nSPS) is 10.5. The van der Waals surface area contributed by atoms with Gasteiger partial charge in [-0.3, -0.25) is 0 Å². The van der Waals surface area contributed by atoms with Gasteiger partial charge in [0.05, 0.1) is 18.5 Å². The Bertz CT molecular complexity index is 411. The molecule has 0 aliphatic heterocycles. The Morgan fingerprint density at radius 1 is 1.27 bits per heavy atom. The van der Waals surface area contributed by atoms with Gasteiger partial charge in [0, 0.05) is 6.61 Å². The largest absolute Gasteiger partial charge is 0.375 e. The van der Waals surface area contributed by atoms with Gasteiger partial charge in [0.25, 0.3) is 0 Å². The molecule has 1 aromatic heterocycles. The zero-order chi connectivity index (χ0) is 10.5. The second kappa shape index (κ2) is 4.70. The number of benzene rings is 1. The van der Waals surface area contributed by atoms with Gasteiger partial charge in [0.1, 0.15) is 5.69 Å². The van der Waals surface area contributed by atoms with Gasteiger partial charge in [-0.05, 0) is 19.1 Å². The quantitative estimate of drug-likeness (QED) is 0.760. The van der Waals surface area contributed by atoms with Crippen molar-refractivity contribution in [1.29, 1.82) is 0 Å². The standard InChI is InChI=1S/C11H13N3O/c1-2-15-9-10-8-14(13-12-10)11-6-4-3-5-7-11/h3-8H,2,9H2,1H3. The van der Waals surface area contributed by atoms with Crippen molar-refractivity contribution in [3.63, 3.8) is 0 Å². The summed E-state index contributed by atoms with van der Waals surface area (Å²) in [4.78, 5) is 0. The van der Waals surface area contributed by atoms with E-state index in [-0.39, 0.29) is 0 Å². The molecule has 0 atom stereocenters. The van der Waals surface area contributed by atoms with E-state index in [1.807, 2.05) is 43.5 Å². The van der Waals surface area contributed by atoms with Gasteiger partial charge in [0.2, 0.25) is 0 Å². The highest BCUT2D eigenvalue weighted by atomic mass is 16.5. The van der Waals surface area contributed by atoms with Crippen LogP contribution in [0.3, 0.4) is 0 Å². The molecule has 0 amide bonds. The third-order valence-corrected chi connectivity index (χ3v) is 2.02. The maximum absolute atomic E-state index is 5.25. The van der Waals surface area contributed by atoms with Crippen LogP contribution in [-0.4, -0.2) is 21.6 Å². The van der Waals surface area contributed by atoms with E-state index in [2.05, 4.69) is 10.3 Å². The lowest BCUT2D eigenvalue weighted by Gasteiger charge is -1.97. The van der Waals surface area contributed by atoms with Gasteiger partial charge in [0.15, 0.2) is 0 Å². The van der Waals surface area contributed by atoms with Crippen LogP contribution >= 0.6 is 0 Å². The van der Waals surface area contributed by atoms with Gasteiger partial charge >= 0.3 is 0 Å². The third-order valence-electron chi connectivity index (χ3n) is 2.02. The van der Waals surface area contributed by atoms with Crippen molar-refractivity contribution >= 4 is 0 Å². The Balaban J connectivity index is 2.14. The van der Waals surface area contributed by atoms with E-state index in [1.54, 1.807) is 4.68 Å². The lowest BCUT2D eigenvalue weighted by molar-refractivity contribution is 0.131. The van der Waals surface area contributed by atoms with Crippen molar-refractivity contribution in [2.45, 2.75) is 13.5 Å². The number of aromatic nitrogens is 3. The van der Waals surface area contributed by atoms with Gasteiger partial charge in [-0.15, -0.1) is 5.10 Å². The first-order valence-corrected chi connectivity index (χ1v) is 4.94. The first kappa shape index (κ1) is 9.86. The van der Waals surface area contributed by atoms with E-state index in [9.17, 15) is 0 Å². The molecule has 0 saturated carbocycles. The number of hydrogen-bond acceptors (Lipinski definition) is 3. The van der Waals surface area contributed by atoms with Crippen LogP contribution in [0.5, 0.6) is 0 Å². The number of ether oxygens (including phenoxy) is 1. The van der Waals surface area contributed by atoms with E-state index in [0.29, 0.717) is 13.2 Å². The molecule has 2 rings (SSSR count). The Kier molecular flexibility index (Phi) is 3.09. The van der Waals surface area contributed by atoms with E-state index < -0.39 is 0 Å². The van der Waals surface area contributed by atoms with E-state index >= 15 is 0 Å². The summed E-state index contributed by atoms with van der Waals surface area (Å²) in [6.45, 7) is 3.17. The predicted octanol–water partition coefficient (Wildman–Crippen LogP) is 1.80. The van der Waals surface area contributed by atoms with Gasteiger partial charge in [-0.1, -0.05) is 23.4 Å². The molecule has 0 aliphatic carbocycles. The topological polar surface area (TPSA) is 39.9 Å². The maximum Gasteiger partial charge on any atom is 0.109 e. The smallest absolute Gasteiger partial charge is 0.109 e. The number of para-hydroxylation sites is 1. The molecule has 2 aromatic rings. The fourth-order valence-electron chi connectivity index (χ4n) is 1.28. The molecule has 0 saturated heterocycles. The monoisotopic (exact) mass is 203 g/mol. The zero-order valence-electron chi connectivity index (χ0n) is 8.63. The predicted molar refractivity (Wildman–Crippen MR) is 56.7 cm³/mol. The average Bonchev–Trinajstić information content (AvgIpc) is 2.76. The summed E-state index contributed by atoms with van der Waals surface area (Å²) in [5, 5.41) is 8.04. The van der Waals surface area contributed by atoms with Crippen LogP contribution in [0.15, 0.2) is 36.5 Å². The first-order chi connectivity index (χ1) is 7.40. The Labute approximate surface area is 88.5 Å². The minimum absolute atomic E-state index is 0.517. The summed E-state index contributed by atoms with van der Waals surface area (Å²) in [5.74, 6) is 0. The summed E-state index contributed by atoms with van der Waals surface area (Å²) >= 11 is 0. The molecule has 0 radical (unpaired) electrons. The summed E-state index contributed by atoms with van der Waals surface area (Å²) < 4.78 is 7.00. The molecule has 0 bridgehead atoms. The summed E-state index contributed by atoms with van der Waals surface area (Å²) in [7, 11) is 0. The van der Waals surface area contributed by atoms with Crippen molar-refractivity contribution < 1.29 is 4.74 Å². The summed E-state index contributed by atoms with van der Waals surface area (Å²) in [6.07, 6.45) is 1.88. The highest BCUT2D eigenvalue weighted by Crippen LogP contribution is 2.05. The number of nitrogens with zero attached hydrogens (tertiary/aromatic N) is 3. The maximum atomic E-state index is 5.25. The molecule has 4 heteroatoms.